The van der Waals surface area contributed by atoms with Gasteiger partial charge in [0.2, 0.25) is 5.91 Å². The van der Waals surface area contributed by atoms with Crippen molar-refractivity contribution in [2.75, 3.05) is 12.4 Å². The highest BCUT2D eigenvalue weighted by Gasteiger charge is 2.24. The Balaban J connectivity index is 1.79. The molecule has 1 aromatic rings. The van der Waals surface area contributed by atoms with Crippen molar-refractivity contribution in [3.05, 3.63) is 22.4 Å². The number of rotatable bonds is 7. The quantitative estimate of drug-likeness (QED) is 0.680. The van der Waals surface area contributed by atoms with Gasteiger partial charge in [-0.3, -0.25) is 4.79 Å². The first-order valence-electron chi connectivity index (χ1n) is 7.69. The third-order valence-corrected chi connectivity index (χ3v) is 5.16. The van der Waals surface area contributed by atoms with Gasteiger partial charge in [-0.1, -0.05) is 25.3 Å². The van der Waals surface area contributed by atoms with Gasteiger partial charge in [0, 0.05) is 29.8 Å². The second-order valence-corrected chi connectivity index (χ2v) is 6.91. The Hall–Kier alpha value is -0.540. The molecule has 2 rings (SSSR count). The van der Waals surface area contributed by atoms with E-state index in [-0.39, 0.29) is 0 Å². The maximum Gasteiger partial charge on any atom is 0.222 e. The van der Waals surface area contributed by atoms with Gasteiger partial charge in [-0.2, -0.15) is 0 Å². The molecule has 0 aromatic carbocycles. The van der Waals surface area contributed by atoms with Gasteiger partial charge in [-0.05, 0) is 37.1 Å². The number of nitrogens with zero attached hydrogens (tertiary/aromatic N) is 1. The van der Waals surface area contributed by atoms with Crippen molar-refractivity contribution < 1.29 is 4.79 Å². The fraction of sp³-hybridized carbons (Fsp3) is 0.688. The maximum atomic E-state index is 12.4. The molecule has 20 heavy (non-hydrogen) atoms. The van der Waals surface area contributed by atoms with Gasteiger partial charge in [-0.15, -0.1) is 22.9 Å². The average Bonchev–Trinajstić information content (AvgIpc) is 2.99. The Morgan fingerprint density at radius 2 is 2.15 bits per heavy atom. The van der Waals surface area contributed by atoms with Gasteiger partial charge in [-0.25, -0.2) is 0 Å². The molecule has 2 nitrogen and oxygen atoms in total. The lowest BCUT2D eigenvalue weighted by Gasteiger charge is -2.34. The zero-order valence-electron chi connectivity index (χ0n) is 12.0. The van der Waals surface area contributed by atoms with Crippen molar-refractivity contribution in [3.63, 3.8) is 0 Å². The standard InChI is InChI=1S/C16H24ClNOS/c17-11-12-18(14-6-2-1-3-7-14)16(19)10-4-8-15-9-5-13-20-15/h5,9,13-14H,1-4,6-8,10-12H2. The van der Waals surface area contributed by atoms with Crippen LogP contribution in [-0.2, 0) is 11.2 Å². The zero-order valence-corrected chi connectivity index (χ0v) is 13.6. The number of carbonyl (C=O) groups excluding carboxylic acids is 1. The molecule has 1 aliphatic carbocycles. The van der Waals surface area contributed by atoms with E-state index in [4.69, 9.17) is 11.6 Å². The van der Waals surface area contributed by atoms with Gasteiger partial charge in [0.1, 0.15) is 0 Å². The third kappa shape index (κ3) is 4.78. The number of hydrogen-bond donors (Lipinski definition) is 0. The molecule has 112 valence electrons. The summed E-state index contributed by atoms with van der Waals surface area (Å²) in [6.45, 7) is 0.712. The lowest BCUT2D eigenvalue weighted by molar-refractivity contribution is -0.134. The van der Waals surface area contributed by atoms with Crippen molar-refractivity contribution in [1.82, 2.24) is 4.90 Å². The average molecular weight is 314 g/mol. The van der Waals surface area contributed by atoms with E-state index >= 15 is 0 Å². The van der Waals surface area contributed by atoms with Crippen molar-refractivity contribution in [1.29, 1.82) is 0 Å². The topological polar surface area (TPSA) is 20.3 Å². The number of hydrogen-bond acceptors (Lipinski definition) is 2. The molecule has 1 fully saturated rings. The second-order valence-electron chi connectivity index (χ2n) is 5.50. The molecule has 0 saturated heterocycles. The minimum Gasteiger partial charge on any atom is -0.339 e. The van der Waals surface area contributed by atoms with Crippen LogP contribution in [0.2, 0.25) is 0 Å². The van der Waals surface area contributed by atoms with Crippen LogP contribution in [0.1, 0.15) is 49.8 Å². The van der Waals surface area contributed by atoms with Crippen molar-refractivity contribution >= 4 is 28.8 Å². The first-order chi connectivity index (χ1) is 9.81. The van der Waals surface area contributed by atoms with Gasteiger partial charge >= 0.3 is 0 Å². The first kappa shape index (κ1) is 15.8. The minimum atomic E-state index is 0.300. The molecule has 1 saturated carbocycles. The van der Waals surface area contributed by atoms with Gasteiger partial charge in [0.15, 0.2) is 0 Å². The van der Waals surface area contributed by atoms with Crippen LogP contribution >= 0.6 is 22.9 Å². The first-order valence-corrected chi connectivity index (χ1v) is 9.10. The number of carbonyl (C=O) groups is 1. The summed E-state index contributed by atoms with van der Waals surface area (Å²) in [5.74, 6) is 0.849. The molecule has 0 spiro atoms. The summed E-state index contributed by atoms with van der Waals surface area (Å²) in [6, 6.07) is 4.66. The van der Waals surface area contributed by atoms with E-state index in [1.54, 1.807) is 11.3 Å². The van der Waals surface area contributed by atoms with Crippen LogP contribution in [-0.4, -0.2) is 29.3 Å². The van der Waals surface area contributed by atoms with Crippen LogP contribution in [0.4, 0.5) is 0 Å². The van der Waals surface area contributed by atoms with Crippen molar-refractivity contribution in [3.8, 4) is 0 Å². The predicted molar refractivity (Wildman–Crippen MR) is 86.6 cm³/mol. The number of alkyl halides is 1. The van der Waals surface area contributed by atoms with Crippen molar-refractivity contribution in [2.24, 2.45) is 0 Å². The molecule has 1 heterocycles. The Kier molecular flexibility index (Phi) is 6.88. The van der Waals surface area contributed by atoms with Crippen LogP contribution in [0.25, 0.3) is 0 Å². The maximum absolute atomic E-state index is 12.4. The number of amides is 1. The highest BCUT2D eigenvalue weighted by molar-refractivity contribution is 7.09. The molecule has 0 unspecified atom stereocenters. The second kappa shape index (κ2) is 8.68. The highest BCUT2D eigenvalue weighted by atomic mass is 35.5. The highest BCUT2D eigenvalue weighted by Crippen LogP contribution is 2.23. The number of halogens is 1. The van der Waals surface area contributed by atoms with E-state index in [9.17, 15) is 4.79 Å². The molecule has 0 atom stereocenters. The monoisotopic (exact) mass is 313 g/mol. The van der Waals surface area contributed by atoms with Gasteiger partial charge < -0.3 is 4.90 Å². The van der Waals surface area contributed by atoms with Crippen molar-refractivity contribution in [2.45, 2.75) is 57.4 Å². The SMILES string of the molecule is O=C(CCCc1cccs1)N(CCCl)C1CCCCC1. The van der Waals surface area contributed by atoms with Crippen LogP contribution in [0.15, 0.2) is 17.5 Å². The van der Waals surface area contributed by atoms with E-state index in [0.29, 0.717) is 30.8 Å². The van der Waals surface area contributed by atoms with Crippen LogP contribution in [0, 0.1) is 0 Å². The van der Waals surface area contributed by atoms with E-state index in [1.165, 1.54) is 24.1 Å². The lowest BCUT2D eigenvalue weighted by atomic mass is 9.94. The molecule has 0 N–H and O–H groups in total. The third-order valence-electron chi connectivity index (χ3n) is 4.06. The summed E-state index contributed by atoms with van der Waals surface area (Å²) in [5.41, 5.74) is 0. The Bertz CT molecular complexity index is 387. The van der Waals surface area contributed by atoms with Gasteiger partial charge in [0.05, 0.1) is 0 Å². The zero-order chi connectivity index (χ0) is 14.2. The summed E-state index contributed by atoms with van der Waals surface area (Å²) < 4.78 is 0. The Morgan fingerprint density at radius 1 is 1.35 bits per heavy atom. The summed E-state index contributed by atoms with van der Waals surface area (Å²) in [6.07, 6.45) is 8.77. The fourth-order valence-electron chi connectivity index (χ4n) is 3.01. The molecular formula is C16H24ClNOS. The molecule has 0 bridgehead atoms. The lowest BCUT2D eigenvalue weighted by Crippen LogP contribution is -2.42. The Morgan fingerprint density at radius 3 is 2.80 bits per heavy atom. The summed E-state index contributed by atoms with van der Waals surface area (Å²) in [5, 5.41) is 2.10. The normalized spacial score (nSPS) is 16.2. The molecule has 0 radical (unpaired) electrons. The summed E-state index contributed by atoms with van der Waals surface area (Å²) in [7, 11) is 0. The summed E-state index contributed by atoms with van der Waals surface area (Å²) in [4.78, 5) is 15.9. The van der Waals surface area contributed by atoms with Crippen LogP contribution in [0.3, 0.4) is 0 Å². The van der Waals surface area contributed by atoms with E-state index < -0.39 is 0 Å². The van der Waals surface area contributed by atoms with Crippen LogP contribution in [0.5, 0.6) is 0 Å². The van der Waals surface area contributed by atoms with Crippen LogP contribution < -0.4 is 0 Å². The largest absolute Gasteiger partial charge is 0.339 e. The minimum absolute atomic E-state index is 0.300. The summed E-state index contributed by atoms with van der Waals surface area (Å²) >= 11 is 7.66. The van der Waals surface area contributed by atoms with E-state index in [1.807, 2.05) is 0 Å². The van der Waals surface area contributed by atoms with Gasteiger partial charge in [0.25, 0.3) is 0 Å². The molecule has 0 aliphatic heterocycles. The fourth-order valence-corrected chi connectivity index (χ4v) is 3.94. The molecule has 1 amide bonds. The molecule has 1 aromatic heterocycles. The number of thiophene rings is 1. The smallest absolute Gasteiger partial charge is 0.222 e. The van der Waals surface area contributed by atoms with E-state index in [0.717, 1.165) is 25.7 Å². The van der Waals surface area contributed by atoms with E-state index in [2.05, 4.69) is 22.4 Å². The predicted octanol–water partition coefficient (Wildman–Crippen LogP) is 4.47. The number of aryl methyl sites for hydroxylation is 1. The molecular weight excluding hydrogens is 290 g/mol. The Labute approximate surface area is 131 Å². The molecule has 4 heteroatoms. The molecule has 1 aliphatic rings.